The van der Waals surface area contributed by atoms with Gasteiger partial charge in [-0.25, -0.2) is 0 Å². The summed E-state index contributed by atoms with van der Waals surface area (Å²) >= 11 is 0. The molecule has 0 saturated carbocycles. The Bertz CT molecular complexity index is 455. The molecule has 1 heterocycles. The first-order valence-electron chi connectivity index (χ1n) is 5.69. The average molecular weight is 252 g/mol. The molecule has 0 bridgehead atoms. The number of esters is 1. The van der Waals surface area contributed by atoms with Crippen LogP contribution in [0.25, 0.3) is 0 Å². The van der Waals surface area contributed by atoms with Gasteiger partial charge in [-0.1, -0.05) is 0 Å². The summed E-state index contributed by atoms with van der Waals surface area (Å²) in [5.41, 5.74) is 0.806. The minimum atomic E-state index is -0.271. The highest BCUT2D eigenvalue weighted by Gasteiger charge is 2.28. The lowest BCUT2D eigenvalue weighted by molar-refractivity contribution is -0.141. The number of methoxy groups -OCH3 is 3. The fourth-order valence-corrected chi connectivity index (χ4v) is 2.05. The van der Waals surface area contributed by atoms with E-state index in [0.29, 0.717) is 30.1 Å². The predicted molar refractivity (Wildman–Crippen MR) is 64.2 cm³/mol. The molecule has 2 rings (SSSR count). The van der Waals surface area contributed by atoms with E-state index in [1.807, 2.05) is 0 Å². The molecule has 0 radical (unpaired) electrons. The fourth-order valence-electron chi connectivity index (χ4n) is 2.05. The molecule has 1 aromatic rings. The van der Waals surface area contributed by atoms with Crippen molar-refractivity contribution in [2.24, 2.45) is 0 Å². The average Bonchev–Trinajstić information content (AvgIpc) is 2.83. The van der Waals surface area contributed by atoms with Crippen molar-refractivity contribution in [1.82, 2.24) is 0 Å². The van der Waals surface area contributed by atoms with E-state index in [1.165, 1.54) is 0 Å². The van der Waals surface area contributed by atoms with Crippen molar-refractivity contribution < 1.29 is 23.7 Å². The number of hydrogen-bond acceptors (Lipinski definition) is 5. The molecule has 1 aliphatic rings. The van der Waals surface area contributed by atoms with E-state index >= 15 is 0 Å². The number of hydrogen-bond donors (Lipinski definition) is 0. The molecule has 0 amide bonds. The summed E-state index contributed by atoms with van der Waals surface area (Å²) in [6.45, 7) is 0. The van der Waals surface area contributed by atoms with Crippen LogP contribution in [0, 0.1) is 0 Å². The quantitative estimate of drug-likeness (QED) is 0.768. The van der Waals surface area contributed by atoms with E-state index in [-0.39, 0.29) is 12.1 Å². The standard InChI is InChI=1S/C13H16O5/c1-15-10-7-12(17-3)11(16-2)6-8(10)9-4-5-13(14)18-9/h6-7,9H,4-5H2,1-3H3. The Morgan fingerprint density at radius 2 is 1.67 bits per heavy atom. The number of cyclic esters (lactones) is 1. The fraction of sp³-hybridized carbons (Fsp3) is 0.462. The largest absolute Gasteiger partial charge is 0.496 e. The maximum absolute atomic E-state index is 11.2. The van der Waals surface area contributed by atoms with E-state index in [9.17, 15) is 4.79 Å². The Kier molecular flexibility index (Phi) is 3.60. The second kappa shape index (κ2) is 5.16. The third-order valence-electron chi connectivity index (χ3n) is 2.97. The van der Waals surface area contributed by atoms with Gasteiger partial charge in [0.05, 0.1) is 21.3 Å². The lowest BCUT2D eigenvalue weighted by atomic mass is 10.0. The van der Waals surface area contributed by atoms with Gasteiger partial charge < -0.3 is 18.9 Å². The van der Waals surface area contributed by atoms with Crippen molar-refractivity contribution >= 4 is 5.97 Å². The number of ether oxygens (including phenoxy) is 4. The zero-order valence-electron chi connectivity index (χ0n) is 10.7. The van der Waals surface area contributed by atoms with Crippen molar-refractivity contribution in [2.75, 3.05) is 21.3 Å². The maximum atomic E-state index is 11.2. The summed E-state index contributed by atoms with van der Waals surface area (Å²) in [6, 6.07) is 3.53. The van der Waals surface area contributed by atoms with Crippen LogP contribution in [0.2, 0.25) is 0 Å². The predicted octanol–water partition coefficient (Wildman–Crippen LogP) is 2.09. The highest BCUT2D eigenvalue weighted by molar-refractivity contribution is 5.72. The van der Waals surface area contributed by atoms with Gasteiger partial charge in [0.15, 0.2) is 11.5 Å². The first kappa shape index (κ1) is 12.5. The third-order valence-corrected chi connectivity index (χ3v) is 2.97. The van der Waals surface area contributed by atoms with E-state index in [0.717, 1.165) is 5.56 Å². The number of rotatable bonds is 4. The molecular weight excluding hydrogens is 236 g/mol. The van der Waals surface area contributed by atoms with Crippen molar-refractivity contribution in [1.29, 1.82) is 0 Å². The summed E-state index contributed by atoms with van der Waals surface area (Å²) in [4.78, 5) is 11.2. The van der Waals surface area contributed by atoms with Gasteiger partial charge in [0, 0.05) is 18.1 Å². The first-order valence-corrected chi connectivity index (χ1v) is 5.69. The topological polar surface area (TPSA) is 54.0 Å². The Morgan fingerprint density at radius 1 is 1.06 bits per heavy atom. The zero-order valence-corrected chi connectivity index (χ0v) is 10.7. The summed E-state index contributed by atoms with van der Waals surface area (Å²) in [7, 11) is 4.70. The maximum Gasteiger partial charge on any atom is 0.306 e. The molecule has 98 valence electrons. The van der Waals surface area contributed by atoms with Gasteiger partial charge in [-0.3, -0.25) is 4.79 Å². The van der Waals surface area contributed by atoms with Crippen molar-refractivity contribution in [3.8, 4) is 17.2 Å². The van der Waals surface area contributed by atoms with E-state index in [4.69, 9.17) is 18.9 Å². The van der Waals surface area contributed by atoms with Crippen LogP contribution in [0.5, 0.6) is 17.2 Å². The molecule has 1 atom stereocenters. The van der Waals surface area contributed by atoms with Crippen molar-refractivity contribution in [3.05, 3.63) is 17.7 Å². The molecule has 0 N–H and O–H groups in total. The lowest BCUT2D eigenvalue weighted by Crippen LogP contribution is -2.03. The van der Waals surface area contributed by atoms with Crippen molar-refractivity contribution in [2.45, 2.75) is 18.9 Å². The van der Waals surface area contributed by atoms with Crippen LogP contribution in [0.15, 0.2) is 12.1 Å². The molecule has 1 saturated heterocycles. The van der Waals surface area contributed by atoms with Gasteiger partial charge in [-0.05, 0) is 12.5 Å². The molecule has 0 spiro atoms. The molecule has 18 heavy (non-hydrogen) atoms. The van der Waals surface area contributed by atoms with Gasteiger partial charge in [0.2, 0.25) is 0 Å². The summed E-state index contributed by atoms with van der Waals surface area (Å²) in [5.74, 6) is 1.63. The van der Waals surface area contributed by atoms with Crippen LogP contribution in [-0.2, 0) is 9.53 Å². The van der Waals surface area contributed by atoms with Gasteiger partial charge >= 0.3 is 5.97 Å². The molecule has 5 nitrogen and oxygen atoms in total. The first-order chi connectivity index (χ1) is 8.69. The molecular formula is C13H16O5. The molecule has 1 unspecified atom stereocenters. The Hall–Kier alpha value is -1.91. The normalized spacial score (nSPS) is 18.4. The third kappa shape index (κ3) is 2.20. The summed E-state index contributed by atoms with van der Waals surface area (Å²) in [5, 5.41) is 0. The van der Waals surface area contributed by atoms with Crippen LogP contribution in [0.4, 0.5) is 0 Å². The second-order valence-electron chi connectivity index (χ2n) is 3.97. The van der Waals surface area contributed by atoms with Crippen LogP contribution in [-0.4, -0.2) is 27.3 Å². The van der Waals surface area contributed by atoms with Gasteiger partial charge in [-0.15, -0.1) is 0 Å². The SMILES string of the molecule is COc1cc(OC)c(C2CCC(=O)O2)cc1OC. The summed E-state index contributed by atoms with van der Waals surface area (Å²) < 4.78 is 21.0. The smallest absolute Gasteiger partial charge is 0.306 e. The minimum Gasteiger partial charge on any atom is -0.496 e. The zero-order chi connectivity index (χ0) is 13.1. The molecule has 1 aliphatic heterocycles. The number of carbonyl (C=O) groups excluding carboxylic acids is 1. The number of benzene rings is 1. The van der Waals surface area contributed by atoms with E-state index in [2.05, 4.69) is 0 Å². The minimum absolute atomic E-state index is 0.183. The van der Waals surface area contributed by atoms with Gasteiger partial charge in [-0.2, -0.15) is 0 Å². The van der Waals surface area contributed by atoms with E-state index in [1.54, 1.807) is 33.5 Å². The van der Waals surface area contributed by atoms with Crippen LogP contribution in [0.1, 0.15) is 24.5 Å². The molecule has 1 aromatic carbocycles. The molecule has 5 heteroatoms. The molecule has 1 fully saturated rings. The second-order valence-corrected chi connectivity index (χ2v) is 3.97. The number of carbonyl (C=O) groups is 1. The van der Waals surface area contributed by atoms with Crippen LogP contribution >= 0.6 is 0 Å². The Balaban J connectivity index is 2.41. The van der Waals surface area contributed by atoms with Crippen LogP contribution < -0.4 is 14.2 Å². The Morgan fingerprint density at radius 3 is 2.17 bits per heavy atom. The van der Waals surface area contributed by atoms with Crippen molar-refractivity contribution in [3.63, 3.8) is 0 Å². The Labute approximate surface area is 106 Å². The molecule has 0 aromatic heterocycles. The highest BCUT2D eigenvalue weighted by Crippen LogP contribution is 2.41. The summed E-state index contributed by atoms with van der Waals surface area (Å²) in [6.07, 6.45) is 0.819. The molecule has 0 aliphatic carbocycles. The van der Waals surface area contributed by atoms with E-state index < -0.39 is 0 Å². The van der Waals surface area contributed by atoms with Gasteiger partial charge in [0.1, 0.15) is 11.9 Å². The highest BCUT2D eigenvalue weighted by atomic mass is 16.6. The van der Waals surface area contributed by atoms with Crippen LogP contribution in [0.3, 0.4) is 0 Å². The lowest BCUT2D eigenvalue weighted by Gasteiger charge is -2.17. The van der Waals surface area contributed by atoms with Gasteiger partial charge in [0.25, 0.3) is 0 Å². The monoisotopic (exact) mass is 252 g/mol.